The molecule has 1 fully saturated rings. The molecule has 0 radical (unpaired) electrons. The normalized spacial score (nSPS) is 26.8. The van der Waals surface area contributed by atoms with Crippen LogP contribution in [0, 0.1) is 0 Å². The quantitative estimate of drug-likeness (QED) is 0.849. The zero-order chi connectivity index (χ0) is 14.2. The van der Waals surface area contributed by atoms with E-state index in [9.17, 15) is 13.2 Å². The third kappa shape index (κ3) is 4.10. The van der Waals surface area contributed by atoms with Crippen molar-refractivity contribution < 1.29 is 23.0 Å². The molecule has 1 rings (SSSR count). The number of aliphatic hydroxyl groups is 1. The van der Waals surface area contributed by atoms with E-state index in [1.807, 2.05) is 13.8 Å². The minimum Gasteiger partial charge on any atom is -0.395 e. The number of rotatable bonds is 4. The van der Waals surface area contributed by atoms with Crippen LogP contribution < -0.4 is 0 Å². The van der Waals surface area contributed by atoms with E-state index in [0.29, 0.717) is 6.42 Å². The fourth-order valence-electron chi connectivity index (χ4n) is 2.81. The lowest BCUT2D eigenvalue weighted by atomic mass is 9.93. The Morgan fingerprint density at radius 2 is 1.83 bits per heavy atom. The fraction of sp³-hybridized carbons (Fsp3) is 1.00. The summed E-state index contributed by atoms with van der Waals surface area (Å²) in [5.74, 6) is 0. The van der Waals surface area contributed by atoms with Gasteiger partial charge in [0.05, 0.1) is 24.4 Å². The van der Waals surface area contributed by atoms with E-state index in [2.05, 4.69) is 0 Å². The van der Waals surface area contributed by atoms with Crippen molar-refractivity contribution in [1.82, 2.24) is 4.90 Å². The van der Waals surface area contributed by atoms with Crippen LogP contribution in [-0.2, 0) is 4.74 Å². The molecule has 1 heterocycles. The van der Waals surface area contributed by atoms with E-state index in [4.69, 9.17) is 9.84 Å². The molecule has 1 unspecified atom stereocenters. The molecule has 6 heteroatoms. The van der Waals surface area contributed by atoms with Gasteiger partial charge in [-0.05, 0) is 34.1 Å². The molecule has 18 heavy (non-hydrogen) atoms. The first-order valence-corrected chi connectivity index (χ1v) is 6.09. The maximum absolute atomic E-state index is 12.6. The van der Waals surface area contributed by atoms with Crippen molar-refractivity contribution in [1.29, 1.82) is 0 Å². The van der Waals surface area contributed by atoms with Crippen LogP contribution in [0.15, 0.2) is 0 Å². The van der Waals surface area contributed by atoms with Gasteiger partial charge in [0, 0.05) is 12.6 Å². The SMILES string of the molecule is CC1(C)CC(N(CCO)CC(F)(F)F)C(C)(C)O1. The summed E-state index contributed by atoms with van der Waals surface area (Å²) in [6, 6.07) is -0.346. The minimum absolute atomic E-state index is 0.00699. The van der Waals surface area contributed by atoms with Gasteiger partial charge in [0.25, 0.3) is 0 Å². The first-order chi connectivity index (χ1) is 7.97. The molecule has 1 aliphatic heterocycles. The standard InChI is InChI=1S/C12H22F3NO2/c1-10(2)7-9(11(3,4)18-10)16(5-6-17)8-12(13,14)15/h9,17H,5-8H2,1-4H3. The summed E-state index contributed by atoms with van der Waals surface area (Å²) in [6.07, 6.45) is -3.74. The first kappa shape index (κ1) is 15.7. The van der Waals surface area contributed by atoms with E-state index in [1.165, 1.54) is 4.90 Å². The van der Waals surface area contributed by atoms with Crippen LogP contribution in [0.2, 0.25) is 0 Å². The Kier molecular flexibility index (Phi) is 4.35. The number of ether oxygens (including phenoxy) is 1. The van der Waals surface area contributed by atoms with Gasteiger partial charge in [0.2, 0.25) is 0 Å². The second-order valence-electron chi connectivity index (χ2n) is 5.99. The average molecular weight is 269 g/mol. The average Bonchev–Trinajstić information content (AvgIpc) is 2.31. The van der Waals surface area contributed by atoms with Gasteiger partial charge in [0.1, 0.15) is 0 Å². The molecular formula is C12H22F3NO2. The highest BCUT2D eigenvalue weighted by Crippen LogP contribution is 2.40. The van der Waals surface area contributed by atoms with Gasteiger partial charge >= 0.3 is 6.18 Å². The van der Waals surface area contributed by atoms with Crippen molar-refractivity contribution in [3.8, 4) is 0 Å². The molecular weight excluding hydrogens is 247 g/mol. The topological polar surface area (TPSA) is 32.7 Å². The predicted molar refractivity (Wildman–Crippen MR) is 62.4 cm³/mol. The van der Waals surface area contributed by atoms with Gasteiger partial charge < -0.3 is 9.84 Å². The van der Waals surface area contributed by atoms with Crippen LogP contribution in [-0.4, -0.2) is 53.1 Å². The Labute approximate surface area is 106 Å². The molecule has 0 aliphatic carbocycles. The molecule has 0 spiro atoms. The van der Waals surface area contributed by atoms with Crippen molar-refractivity contribution in [2.24, 2.45) is 0 Å². The number of aliphatic hydroxyl groups excluding tert-OH is 1. The van der Waals surface area contributed by atoms with Gasteiger partial charge in [0.15, 0.2) is 0 Å². The highest BCUT2D eigenvalue weighted by Gasteiger charge is 2.50. The lowest BCUT2D eigenvalue weighted by Gasteiger charge is -2.36. The van der Waals surface area contributed by atoms with Gasteiger partial charge in [-0.1, -0.05) is 0 Å². The molecule has 1 aliphatic rings. The van der Waals surface area contributed by atoms with E-state index < -0.39 is 23.9 Å². The van der Waals surface area contributed by atoms with Crippen molar-refractivity contribution in [2.45, 2.75) is 57.5 Å². The summed E-state index contributed by atoms with van der Waals surface area (Å²) in [7, 11) is 0. The van der Waals surface area contributed by atoms with Crippen LogP contribution in [0.3, 0.4) is 0 Å². The number of alkyl halides is 3. The lowest BCUT2D eigenvalue weighted by Crippen LogP contribution is -2.50. The van der Waals surface area contributed by atoms with Gasteiger partial charge in [-0.3, -0.25) is 4.90 Å². The number of halogens is 3. The third-order valence-corrected chi connectivity index (χ3v) is 3.24. The highest BCUT2D eigenvalue weighted by molar-refractivity contribution is 5.00. The first-order valence-electron chi connectivity index (χ1n) is 6.09. The minimum atomic E-state index is -4.27. The monoisotopic (exact) mass is 269 g/mol. The zero-order valence-corrected chi connectivity index (χ0v) is 11.3. The molecule has 0 bridgehead atoms. The Hall–Kier alpha value is -0.330. The fourth-order valence-corrected chi connectivity index (χ4v) is 2.81. The van der Waals surface area contributed by atoms with E-state index in [1.54, 1.807) is 13.8 Å². The molecule has 0 saturated carbocycles. The summed E-state index contributed by atoms with van der Waals surface area (Å²) in [5.41, 5.74) is -1.09. The summed E-state index contributed by atoms with van der Waals surface area (Å²) in [5, 5.41) is 8.94. The maximum Gasteiger partial charge on any atom is 0.401 e. The summed E-state index contributed by atoms with van der Waals surface area (Å²) >= 11 is 0. The molecule has 0 aromatic rings. The summed E-state index contributed by atoms with van der Waals surface area (Å²) < 4.78 is 43.5. The zero-order valence-electron chi connectivity index (χ0n) is 11.3. The molecule has 108 valence electrons. The Morgan fingerprint density at radius 3 is 2.17 bits per heavy atom. The molecule has 3 nitrogen and oxygen atoms in total. The maximum atomic E-state index is 12.6. The third-order valence-electron chi connectivity index (χ3n) is 3.24. The Morgan fingerprint density at radius 1 is 1.28 bits per heavy atom. The van der Waals surface area contributed by atoms with Crippen LogP contribution in [0.1, 0.15) is 34.1 Å². The van der Waals surface area contributed by atoms with Gasteiger partial charge in [-0.25, -0.2) is 0 Å². The second kappa shape index (κ2) is 4.98. The Bertz CT molecular complexity index is 290. The van der Waals surface area contributed by atoms with Crippen molar-refractivity contribution in [3.63, 3.8) is 0 Å². The molecule has 1 atom stereocenters. The molecule has 1 N–H and O–H groups in total. The molecule has 0 aromatic carbocycles. The van der Waals surface area contributed by atoms with Crippen LogP contribution in [0.25, 0.3) is 0 Å². The van der Waals surface area contributed by atoms with Crippen LogP contribution >= 0.6 is 0 Å². The van der Waals surface area contributed by atoms with Gasteiger partial charge in [-0.2, -0.15) is 13.2 Å². The molecule has 0 amide bonds. The van der Waals surface area contributed by atoms with Gasteiger partial charge in [-0.15, -0.1) is 0 Å². The van der Waals surface area contributed by atoms with E-state index in [-0.39, 0.29) is 19.2 Å². The van der Waals surface area contributed by atoms with E-state index >= 15 is 0 Å². The number of hydrogen-bond acceptors (Lipinski definition) is 3. The second-order valence-corrected chi connectivity index (χ2v) is 5.99. The highest BCUT2D eigenvalue weighted by atomic mass is 19.4. The Balaban J connectivity index is 2.85. The predicted octanol–water partition coefficient (Wildman–Crippen LogP) is 2.19. The summed E-state index contributed by atoms with van der Waals surface area (Å²) in [6.45, 7) is 6.05. The number of nitrogens with zero attached hydrogens (tertiary/aromatic N) is 1. The smallest absolute Gasteiger partial charge is 0.395 e. The largest absolute Gasteiger partial charge is 0.401 e. The van der Waals surface area contributed by atoms with Crippen LogP contribution in [0.4, 0.5) is 13.2 Å². The van der Waals surface area contributed by atoms with Crippen molar-refractivity contribution in [2.75, 3.05) is 19.7 Å². The summed E-state index contributed by atoms with van der Waals surface area (Å²) in [4.78, 5) is 1.27. The van der Waals surface area contributed by atoms with Crippen molar-refractivity contribution >= 4 is 0 Å². The molecule has 0 aromatic heterocycles. The van der Waals surface area contributed by atoms with Crippen LogP contribution in [0.5, 0.6) is 0 Å². The molecule has 1 saturated heterocycles. The number of hydrogen-bond donors (Lipinski definition) is 1. The van der Waals surface area contributed by atoms with Crippen molar-refractivity contribution in [3.05, 3.63) is 0 Å². The van der Waals surface area contributed by atoms with E-state index in [0.717, 1.165) is 0 Å². The lowest BCUT2D eigenvalue weighted by molar-refractivity contribution is -0.159.